The summed E-state index contributed by atoms with van der Waals surface area (Å²) in [6.45, 7) is 3.71. The van der Waals surface area contributed by atoms with Gasteiger partial charge in [0.15, 0.2) is 11.5 Å². The van der Waals surface area contributed by atoms with Crippen molar-refractivity contribution in [3.63, 3.8) is 0 Å². The van der Waals surface area contributed by atoms with E-state index in [2.05, 4.69) is 9.78 Å². The molecule has 0 atom stereocenters. The average Bonchev–Trinajstić information content (AvgIpc) is 2.38. The van der Waals surface area contributed by atoms with Crippen molar-refractivity contribution in [2.24, 2.45) is 0 Å². The summed E-state index contributed by atoms with van der Waals surface area (Å²) >= 11 is 0. The minimum absolute atomic E-state index is 0.436. The Balaban J connectivity index is 2.42. The Morgan fingerprint density at radius 1 is 0.722 bits per heavy atom. The van der Waals surface area contributed by atoms with Crippen LogP contribution in [0.5, 0.6) is 11.5 Å². The molecule has 2 N–H and O–H groups in total. The topological polar surface area (TPSA) is 58.9 Å². The molecule has 0 spiro atoms. The van der Waals surface area contributed by atoms with Gasteiger partial charge in [-0.3, -0.25) is 0 Å². The molecule has 2 aromatic rings. The van der Waals surface area contributed by atoms with Crippen molar-refractivity contribution in [2.75, 3.05) is 0 Å². The molecule has 0 unspecified atom stereocenters. The van der Waals surface area contributed by atoms with Gasteiger partial charge < -0.3 is 9.78 Å². The van der Waals surface area contributed by atoms with Crippen LogP contribution in [0.25, 0.3) is 11.1 Å². The molecule has 94 valence electrons. The second-order valence-electron chi connectivity index (χ2n) is 4.14. The summed E-state index contributed by atoms with van der Waals surface area (Å²) in [5.74, 6) is 0.872. The lowest BCUT2D eigenvalue weighted by Crippen LogP contribution is -1.90. The summed E-state index contributed by atoms with van der Waals surface area (Å²) in [6.07, 6.45) is 0. The van der Waals surface area contributed by atoms with Gasteiger partial charge in [-0.1, -0.05) is 12.1 Å². The Hall–Kier alpha value is -2.04. The molecule has 0 aliphatic rings. The number of aryl methyl sites for hydroxylation is 2. The van der Waals surface area contributed by atoms with Gasteiger partial charge in [0.1, 0.15) is 0 Å². The van der Waals surface area contributed by atoms with Gasteiger partial charge >= 0.3 is 0 Å². The Morgan fingerprint density at radius 3 is 1.39 bits per heavy atom. The molecule has 0 fully saturated rings. The second-order valence-corrected chi connectivity index (χ2v) is 4.14. The fraction of sp³-hybridized carbons (Fsp3) is 0.143. The molecular formula is C14H14O4. The molecule has 0 aliphatic carbocycles. The highest BCUT2D eigenvalue weighted by molar-refractivity contribution is 5.67. The number of benzene rings is 2. The lowest BCUT2D eigenvalue weighted by molar-refractivity contribution is -0.138. The van der Waals surface area contributed by atoms with Crippen molar-refractivity contribution in [3.8, 4) is 22.6 Å². The van der Waals surface area contributed by atoms with Crippen LogP contribution in [0.15, 0.2) is 36.4 Å². The summed E-state index contributed by atoms with van der Waals surface area (Å²) in [5, 5.41) is 17.3. The van der Waals surface area contributed by atoms with Crippen LogP contribution in [0.1, 0.15) is 11.1 Å². The highest BCUT2D eigenvalue weighted by atomic mass is 17.1. The van der Waals surface area contributed by atoms with E-state index in [4.69, 9.17) is 10.5 Å². The lowest BCUT2D eigenvalue weighted by Gasteiger charge is -2.08. The van der Waals surface area contributed by atoms with Crippen molar-refractivity contribution >= 4 is 0 Å². The predicted molar refractivity (Wildman–Crippen MR) is 67.9 cm³/mol. The number of rotatable bonds is 3. The van der Waals surface area contributed by atoms with Gasteiger partial charge in [-0.25, -0.2) is 10.5 Å². The van der Waals surface area contributed by atoms with Crippen LogP contribution in [-0.4, -0.2) is 10.5 Å². The molecule has 2 rings (SSSR count). The van der Waals surface area contributed by atoms with E-state index in [1.807, 2.05) is 38.1 Å². The molecule has 4 heteroatoms. The summed E-state index contributed by atoms with van der Waals surface area (Å²) in [4.78, 5) is 8.49. The molecule has 18 heavy (non-hydrogen) atoms. The quantitative estimate of drug-likeness (QED) is 0.640. The zero-order chi connectivity index (χ0) is 13.1. The molecule has 0 aromatic heterocycles. The second kappa shape index (κ2) is 5.08. The van der Waals surface area contributed by atoms with Gasteiger partial charge in [0.05, 0.1) is 0 Å². The molecule has 0 saturated heterocycles. The first-order chi connectivity index (χ1) is 8.65. The maximum Gasteiger partial charge on any atom is 0.168 e. The van der Waals surface area contributed by atoms with Gasteiger partial charge in [0, 0.05) is 0 Å². The third-order valence-electron chi connectivity index (χ3n) is 2.88. The summed E-state index contributed by atoms with van der Waals surface area (Å²) in [6, 6.07) is 11.0. The van der Waals surface area contributed by atoms with Gasteiger partial charge in [-0.15, -0.1) is 0 Å². The smallest absolute Gasteiger partial charge is 0.168 e. The SMILES string of the molecule is Cc1cc(-c2ccc(OO)c(C)c2)ccc1OO. The van der Waals surface area contributed by atoms with Crippen LogP contribution in [0.4, 0.5) is 0 Å². The molecule has 4 nitrogen and oxygen atoms in total. The third-order valence-corrected chi connectivity index (χ3v) is 2.88. The Kier molecular flexibility index (Phi) is 3.50. The Labute approximate surface area is 105 Å². The molecule has 2 aromatic carbocycles. The highest BCUT2D eigenvalue weighted by Gasteiger charge is 2.06. The van der Waals surface area contributed by atoms with Crippen LogP contribution >= 0.6 is 0 Å². The largest absolute Gasteiger partial charge is 0.340 e. The van der Waals surface area contributed by atoms with Crippen LogP contribution in [0, 0.1) is 13.8 Å². The van der Waals surface area contributed by atoms with Crippen molar-refractivity contribution < 1.29 is 20.3 Å². The molecular weight excluding hydrogens is 232 g/mol. The predicted octanol–water partition coefficient (Wildman–Crippen LogP) is 3.67. The monoisotopic (exact) mass is 246 g/mol. The van der Waals surface area contributed by atoms with Crippen molar-refractivity contribution in [1.29, 1.82) is 0 Å². The van der Waals surface area contributed by atoms with Gasteiger partial charge in [-0.2, -0.15) is 0 Å². The summed E-state index contributed by atoms with van der Waals surface area (Å²) in [7, 11) is 0. The summed E-state index contributed by atoms with van der Waals surface area (Å²) < 4.78 is 0. The minimum Gasteiger partial charge on any atom is -0.340 e. The van der Waals surface area contributed by atoms with E-state index in [-0.39, 0.29) is 0 Å². The lowest BCUT2D eigenvalue weighted by atomic mass is 10.0. The first-order valence-corrected chi connectivity index (χ1v) is 5.50. The van der Waals surface area contributed by atoms with Crippen LogP contribution < -0.4 is 9.78 Å². The van der Waals surface area contributed by atoms with Gasteiger partial charge in [-0.05, 0) is 60.4 Å². The van der Waals surface area contributed by atoms with E-state index in [0.717, 1.165) is 22.3 Å². The zero-order valence-corrected chi connectivity index (χ0v) is 10.2. The van der Waals surface area contributed by atoms with Crippen molar-refractivity contribution in [1.82, 2.24) is 0 Å². The summed E-state index contributed by atoms with van der Waals surface area (Å²) in [5.41, 5.74) is 3.69. The first kappa shape index (κ1) is 12.4. The van der Waals surface area contributed by atoms with E-state index in [1.165, 1.54) is 0 Å². The van der Waals surface area contributed by atoms with E-state index in [0.29, 0.717) is 11.5 Å². The van der Waals surface area contributed by atoms with Crippen LogP contribution in [0.2, 0.25) is 0 Å². The van der Waals surface area contributed by atoms with Gasteiger partial charge in [0.25, 0.3) is 0 Å². The zero-order valence-electron chi connectivity index (χ0n) is 10.2. The van der Waals surface area contributed by atoms with Gasteiger partial charge in [0.2, 0.25) is 0 Å². The molecule has 0 heterocycles. The van der Waals surface area contributed by atoms with E-state index in [9.17, 15) is 0 Å². The van der Waals surface area contributed by atoms with Crippen LogP contribution in [-0.2, 0) is 0 Å². The highest BCUT2D eigenvalue weighted by Crippen LogP contribution is 2.29. The normalized spacial score (nSPS) is 10.2. The number of hydrogen-bond acceptors (Lipinski definition) is 4. The molecule has 0 radical (unpaired) electrons. The maximum atomic E-state index is 8.65. The van der Waals surface area contributed by atoms with E-state index < -0.39 is 0 Å². The molecule has 0 bridgehead atoms. The van der Waals surface area contributed by atoms with E-state index >= 15 is 0 Å². The minimum atomic E-state index is 0.436. The molecule has 0 amide bonds. The van der Waals surface area contributed by atoms with E-state index in [1.54, 1.807) is 12.1 Å². The molecule has 0 aliphatic heterocycles. The average molecular weight is 246 g/mol. The number of hydrogen-bond donors (Lipinski definition) is 2. The third kappa shape index (κ3) is 2.30. The fourth-order valence-corrected chi connectivity index (χ4v) is 1.86. The Morgan fingerprint density at radius 2 is 1.11 bits per heavy atom. The van der Waals surface area contributed by atoms with Crippen molar-refractivity contribution in [2.45, 2.75) is 13.8 Å². The maximum absolute atomic E-state index is 8.65. The molecule has 0 saturated carbocycles. The fourth-order valence-electron chi connectivity index (χ4n) is 1.86. The first-order valence-electron chi connectivity index (χ1n) is 5.50. The standard InChI is InChI=1S/C14H14O4/c1-9-7-11(3-5-13(9)17-15)12-4-6-14(18-16)10(2)8-12/h3-8,15-16H,1-2H3. The van der Waals surface area contributed by atoms with Crippen molar-refractivity contribution in [3.05, 3.63) is 47.5 Å². The van der Waals surface area contributed by atoms with Crippen LogP contribution in [0.3, 0.4) is 0 Å². The Bertz CT molecular complexity index is 512.